The largest absolute Gasteiger partial charge is 0.309 e. The van der Waals surface area contributed by atoms with Crippen LogP contribution in [0.1, 0.15) is 25.8 Å². The van der Waals surface area contributed by atoms with Crippen LogP contribution in [0, 0.1) is 17.6 Å². The second-order valence-corrected chi connectivity index (χ2v) is 4.91. The van der Waals surface area contributed by atoms with Gasteiger partial charge in [-0.1, -0.05) is 13.8 Å². The Morgan fingerprint density at radius 3 is 2.59 bits per heavy atom. The third kappa shape index (κ3) is 5.00. The summed E-state index contributed by atoms with van der Waals surface area (Å²) in [6, 6.07) is 3.60. The summed E-state index contributed by atoms with van der Waals surface area (Å²) in [5, 5.41) is 3.15. The van der Waals surface area contributed by atoms with E-state index in [9.17, 15) is 8.78 Å². The third-order valence-electron chi connectivity index (χ3n) is 2.53. The minimum atomic E-state index is -0.422. The number of alkyl halides is 1. The molecule has 0 fully saturated rings. The summed E-state index contributed by atoms with van der Waals surface area (Å²) in [4.78, 5) is 0. The van der Waals surface area contributed by atoms with Gasteiger partial charge < -0.3 is 5.32 Å². The fourth-order valence-corrected chi connectivity index (χ4v) is 1.94. The Labute approximate surface area is 106 Å². The molecule has 0 saturated carbocycles. The van der Waals surface area contributed by atoms with Gasteiger partial charge in [-0.15, -0.1) is 11.6 Å². The minimum Gasteiger partial charge on any atom is -0.309 e. The number of halogens is 3. The summed E-state index contributed by atoms with van der Waals surface area (Å²) >= 11 is 5.82. The maximum absolute atomic E-state index is 13.3. The molecule has 0 aliphatic carbocycles. The first-order chi connectivity index (χ1) is 8.02. The molecular weight excluding hydrogens is 244 g/mol. The minimum absolute atomic E-state index is 0.124. The van der Waals surface area contributed by atoms with Crippen LogP contribution in [-0.2, 0) is 6.54 Å². The van der Waals surface area contributed by atoms with E-state index in [-0.39, 0.29) is 6.04 Å². The molecule has 0 aliphatic rings. The molecule has 0 spiro atoms. The van der Waals surface area contributed by atoms with Crippen molar-refractivity contribution in [2.45, 2.75) is 32.9 Å². The molecule has 0 aliphatic heterocycles. The smallest absolute Gasteiger partial charge is 0.127 e. The van der Waals surface area contributed by atoms with Gasteiger partial charge in [-0.05, 0) is 30.5 Å². The molecule has 17 heavy (non-hydrogen) atoms. The van der Waals surface area contributed by atoms with Crippen LogP contribution in [0.5, 0.6) is 0 Å². The highest BCUT2D eigenvalue weighted by Crippen LogP contribution is 2.11. The fourth-order valence-electron chi connectivity index (χ4n) is 1.70. The summed E-state index contributed by atoms with van der Waals surface area (Å²) in [5.74, 6) is 0.171. The van der Waals surface area contributed by atoms with Crippen LogP contribution in [0.15, 0.2) is 18.2 Å². The quantitative estimate of drug-likeness (QED) is 0.770. The first-order valence-corrected chi connectivity index (χ1v) is 6.29. The predicted molar refractivity (Wildman–Crippen MR) is 67.2 cm³/mol. The van der Waals surface area contributed by atoms with E-state index in [1.165, 1.54) is 6.07 Å². The zero-order chi connectivity index (χ0) is 12.8. The second-order valence-electron chi connectivity index (χ2n) is 4.60. The summed E-state index contributed by atoms with van der Waals surface area (Å²) in [5.41, 5.74) is 0.337. The van der Waals surface area contributed by atoms with Crippen molar-refractivity contribution >= 4 is 11.6 Å². The zero-order valence-electron chi connectivity index (χ0n) is 10.1. The van der Waals surface area contributed by atoms with E-state index in [0.29, 0.717) is 23.9 Å². The summed E-state index contributed by atoms with van der Waals surface area (Å²) in [6.45, 7) is 4.50. The number of nitrogens with one attached hydrogen (secondary N) is 1. The molecule has 1 atom stereocenters. The van der Waals surface area contributed by atoms with E-state index >= 15 is 0 Å². The summed E-state index contributed by atoms with van der Waals surface area (Å²) < 4.78 is 26.3. The van der Waals surface area contributed by atoms with Crippen LogP contribution < -0.4 is 5.32 Å². The van der Waals surface area contributed by atoms with Crippen molar-refractivity contribution in [3.8, 4) is 0 Å². The SMILES string of the molecule is CC(C)CC(CCl)NCc1cc(F)ccc1F. The molecule has 96 valence electrons. The number of benzene rings is 1. The lowest BCUT2D eigenvalue weighted by Crippen LogP contribution is -2.31. The summed E-state index contributed by atoms with van der Waals surface area (Å²) in [6.07, 6.45) is 0.917. The molecule has 0 saturated heterocycles. The van der Waals surface area contributed by atoms with E-state index in [4.69, 9.17) is 11.6 Å². The Bertz CT molecular complexity index is 355. The average Bonchev–Trinajstić information content (AvgIpc) is 2.28. The first-order valence-electron chi connectivity index (χ1n) is 5.76. The lowest BCUT2D eigenvalue weighted by molar-refractivity contribution is 0.439. The van der Waals surface area contributed by atoms with Crippen molar-refractivity contribution in [3.63, 3.8) is 0 Å². The van der Waals surface area contributed by atoms with Gasteiger partial charge >= 0.3 is 0 Å². The first kappa shape index (κ1) is 14.4. The van der Waals surface area contributed by atoms with Gasteiger partial charge in [0.15, 0.2) is 0 Å². The van der Waals surface area contributed by atoms with Crippen LogP contribution in [0.2, 0.25) is 0 Å². The monoisotopic (exact) mass is 261 g/mol. The Kier molecular flexibility index (Phi) is 5.86. The summed E-state index contributed by atoms with van der Waals surface area (Å²) in [7, 11) is 0. The molecule has 4 heteroatoms. The van der Waals surface area contributed by atoms with Crippen molar-refractivity contribution < 1.29 is 8.78 Å². The standard InChI is InChI=1S/C13H18ClF2N/c1-9(2)5-12(7-14)17-8-10-6-11(15)3-4-13(10)16/h3-4,6,9,12,17H,5,7-8H2,1-2H3. The van der Waals surface area contributed by atoms with Crippen LogP contribution >= 0.6 is 11.6 Å². The molecule has 1 unspecified atom stereocenters. The van der Waals surface area contributed by atoms with Gasteiger partial charge in [-0.3, -0.25) is 0 Å². The highest BCUT2D eigenvalue weighted by molar-refractivity contribution is 6.18. The zero-order valence-corrected chi connectivity index (χ0v) is 10.9. The lowest BCUT2D eigenvalue weighted by atomic mass is 10.0. The van der Waals surface area contributed by atoms with Gasteiger partial charge in [0.2, 0.25) is 0 Å². The highest BCUT2D eigenvalue weighted by Gasteiger charge is 2.10. The molecule has 0 aromatic heterocycles. The number of rotatable bonds is 6. The highest BCUT2D eigenvalue weighted by atomic mass is 35.5. The van der Waals surface area contributed by atoms with E-state index in [1.807, 2.05) is 0 Å². The van der Waals surface area contributed by atoms with E-state index in [0.717, 1.165) is 18.6 Å². The van der Waals surface area contributed by atoms with Crippen molar-refractivity contribution in [2.75, 3.05) is 5.88 Å². The molecule has 0 amide bonds. The van der Waals surface area contributed by atoms with Gasteiger partial charge in [0.1, 0.15) is 11.6 Å². The van der Waals surface area contributed by atoms with Crippen molar-refractivity contribution in [2.24, 2.45) is 5.92 Å². The van der Waals surface area contributed by atoms with Crippen LogP contribution in [0.3, 0.4) is 0 Å². The van der Waals surface area contributed by atoms with Crippen LogP contribution in [0.25, 0.3) is 0 Å². The van der Waals surface area contributed by atoms with Gasteiger partial charge in [0.25, 0.3) is 0 Å². The average molecular weight is 262 g/mol. The molecular formula is C13H18ClF2N. The maximum atomic E-state index is 13.3. The van der Waals surface area contributed by atoms with Crippen molar-refractivity contribution in [1.29, 1.82) is 0 Å². The molecule has 1 aromatic carbocycles. The van der Waals surface area contributed by atoms with E-state index in [2.05, 4.69) is 19.2 Å². The van der Waals surface area contributed by atoms with E-state index in [1.54, 1.807) is 0 Å². The number of hydrogen-bond donors (Lipinski definition) is 1. The third-order valence-corrected chi connectivity index (χ3v) is 2.90. The Balaban J connectivity index is 2.56. The second kappa shape index (κ2) is 6.92. The molecule has 1 N–H and O–H groups in total. The fraction of sp³-hybridized carbons (Fsp3) is 0.538. The molecule has 0 radical (unpaired) electrons. The van der Waals surface area contributed by atoms with Gasteiger partial charge in [0, 0.05) is 24.0 Å². The van der Waals surface area contributed by atoms with Gasteiger partial charge in [-0.25, -0.2) is 8.78 Å². The van der Waals surface area contributed by atoms with Gasteiger partial charge in [-0.2, -0.15) is 0 Å². The maximum Gasteiger partial charge on any atom is 0.127 e. The molecule has 0 heterocycles. The predicted octanol–water partition coefficient (Wildman–Crippen LogP) is 3.71. The van der Waals surface area contributed by atoms with E-state index < -0.39 is 11.6 Å². The topological polar surface area (TPSA) is 12.0 Å². The molecule has 1 nitrogen and oxygen atoms in total. The molecule has 1 aromatic rings. The normalized spacial score (nSPS) is 13.1. The van der Waals surface area contributed by atoms with Gasteiger partial charge in [0.05, 0.1) is 0 Å². The Morgan fingerprint density at radius 1 is 1.29 bits per heavy atom. The van der Waals surface area contributed by atoms with Crippen molar-refractivity contribution in [1.82, 2.24) is 5.32 Å². The Morgan fingerprint density at radius 2 is 2.00 bits per heavy atom. The molecule has 0 bridgehead atoms. The lowest BCUT2D eigenvalue weighted by Gasteiger charge is -2.18. The Hall–Kier alpha value is -0.670. The van der Waals surface area contributed by atoms with Crippen molar-refractivity contribution in [3.05, 3.63) is 35.4 Å². The van der Waals surface area contributed by atoms with Crippen LogP contribution in [-0.4, -0.2) is 11.9 Å². The van der Waals surface area contributed by atoms with Crippen LogP contribution in [0.4, 0.5) is 8.78 Å². The molecule has 1 rings (SSSR count). The number of hydrogen-bond acceptors (Lipinski definition) is 1.